The largest absolute Gasteiger partial charge is 0.495 e. The molecule has 0 spiro atoms. The molecular weight excluding hydrogens is 412 g/mol. The molecule has 2 aromatic rings. The second-order valence-electron chi connectivity index (χ2n) is 4.32. The number of benzene rings is 2. The molecule has 7 nitrogen and oxygen atoms in total. The summed E-state index contributed by atoms with van der Waals surface area (Å²) in [5, 5.41) is 10.8. The highest BCUT2D eigenvalue weighted by molar-refractivity contribution is 9.10. The maximum atomic E-state index is 12.5. The van der Waals surface area contributed by atoms with Gasteiger partial charge in [0.1, 0.15) is 15.7 Å². The number of hydrogen-bond donors (Lipinski definition) is 1. The van der Waals surface area contributed by atoms with Crippen LogP contribution in [0.3, 0.4) is 0 Å². The summed E-state index contributed by atoms with van der Waals surface area (Å²) in [5.41, 5.74) is -0.379. The Hall–Kier alpha value is -1.84. The molecule has 1 N–H and O–H groups in total. The van der Waals surface area contributed by atoms with Gasteiger partial charge in [-0.1, -0.05) is 27.5 Å². The average Bonchev–Trinajstić information content (AvgIpc) is 2.48. The van der Waals surface area contributed by atoms with Crippen LogP contribution in [0.15, 0.2) is 45.8 Å². The van der Waals surface area contributed by atoms with Crippen LogP contribution in [0.1, 0.15) is 0 Å². The van der Waals surface area contributed by atoms with Crippen LogP contribution in [0.25, 0.3) is 0 Å². The quantitative estimate of drug-likeness (QED) is 0.584. The summed E-state index contributed by atoms with van der Waals surface area (Å²) >= 11 is 8.89. The topological polar surface area (TPSA) is 98.5 Å². The predicted octanol–water partition coefficient (Wildman–Crippen LogP) is 3.82. The Morgan fingerprint density at radius 3 is 2.57 bits per heavy atom. The van der Waals surface area contributed by atoms with Gasteiger partial charge in [0.05, 0.1) is 17.7 Å². The minimum Gasteiger partial charge on any atom is -0.495 e. The van der Waals surface area contributed by atoms with Gasteiger partial charge in [0.15, 0.2) is 0 Å². The summed E-state index contributed by atoms with van der Waals surface area (Å²) in [6, 6.07) is 8.11. The number of halogens is 2. The molecule has 0 aliphatic carbocycles. The number of rotatable bonds is 5. The lowest BCUT2D eigenvalue weighted by molar-refractivity contribution is -0.384. The molecule has 0 amide bonds. The summed E-state index contributed by atoms with van der Waals surface area (Å²) in [6.07, 6.45) is 0. The summed E-state index contributed by atoms with van der Waals surface area (Å²) in [6.45, 7) is 0. The number of hydrogen-bond acceptors (Lipinski definition) is 5. The zero-order valence-corrected chi connectivity index (χ0v) is 14.8. The third-order valence-corrected chi connectivity index (χ3v) is 5.03. The van der Waals surface area contributed by atoms with Crippen LogP contribution in [0.2, 0.25) is 5.02 Å². The lowest BCUT2D eigenvalue weighted by Gasteiger charge is -2.12. The number of nitro groups is 1. The SMILES string of the molecule is COc1ccc(Br)cc1S(=O)(=O)Nc1ccc(Cl)c([N+](=O)[O-])c1. The van der Waals surface area contributed by atoms with Crippen molar-refractivity contribution < 1.29 is 18.1 Å². The minimum absolute atomic E-state index is 0.0168. The van der Waals surface area contributed by atoms with Crippen molar-refractivity contribution in [1.82, 2.24) is 0 Å². The van der Waals surface area contributed by atoms with Gasteiger partial charge in [0.25, 0.3) is 15.7 Å². The van der Waals surface area contributed by atoms with Gasteiger partial charge in [-0.15, -0.1) is 0 Å². The van der Waals surface area contributed by atoms with E-state index in [1.54, 1.807) is 6.07 Å². The molecule has 2 rings (SSSR count). The van der Waals surface area contributed by atoms with Crippen LogP contribution in [-0.2, 0) is 10.0 Å². The molecule has 0 fully saturated rings. The van der Waals surface area contributed by atoms with Gasteiger partial charge < -0.3 is 4.74 Å². The van der Waals surface area contributed by atoms with Crippen molar-refractivity contribution in [3.05, 3.63) is 56.0 Å². The van der Waals surface area contributed by atoms with Gasteiger partial charge in [0, 0.05) is 10.5 Å². The van der Waals surface area contributed by atoms with Gasteiger partial charge in [-0.25, -0.2) is 8.42 Å². The third kappa shape index (κ3) is 3.92. The number of nitrogens with zero attached hydrogens (tertiary/aromatic N) is 1. The molecule has 122 valence electrons. The van der Waals surface area contributed by atoms with Gasteiger partial charge >= 0.3 is 0 Å². The first-order valence-corrected chi connectivity index (χ1v) is 8.70. The fourth-order valence-electron chi connectivity index (χ4n) is 1.79. The zero-order chi connectivity index (χ0) is 17.2. The second-order valence-corrected chi connectivity index (χ2v) is 7.30. The van der Waals surface area contributed by atoms with Gasteiger partial charge in [-0.05, 0) is 30.3 Å². The summed E-state index contributed by atoms with van der Waals surface area (Å²) in [5.74, 6) is 0.143. The van der Waals surface area contributed by atoms with E-state index in [1.165, 1.54) is 31.4 Å². The first-order valence-electron chi connectivity index (χ1n) is 6.05. The van der Waals surface area contributed by atoms with Crippen molar-refractivity contribution in [2.24, 2.45) is 0 Å². The third-order valence-electron chi connectivity index (χ3n) is 2.81. The van der Waals surface area contributed by atoms with E-state index in [0.29, 0.717) is 4.47 Å². The average molecular weight is 422 g/mol. The number of methoxy groups -OCH3 is 1. The molecule has 0 heterocycles. The van der Waals surface area contributed by atoms with Crippen LogP contribution in [0.4, 0.5) is 11.4 Å². The Labute approximate surface area is 145 Å². The van der Waals surface area contributed by atoms with E-state index in [9.17, 15) is 18.5 Å². The molecule has 0 aromatic heterocycles. The lowest BCUT2D eigenvalue weighted by atomic mass is 10.3. The van der Waals surface area contributed by atoms with Gasteiger partial charge in [-0.3, -0.25) is 14.8 Å². The second kappa shape index (κ2) is 6.73. The summed E-state index contributed by atoms with van der Waals surface area (Å²) < 4.78 is 32.8. The molecular formula is C13H10BrClN2O5S. The Morgan fingerprint density at radius 1 is 1.26 bits per heavy atom. The normalized spacial score (nSPS) is 11.1. The minimum atomic E-state index is -4.00. The van der Waals surface area contributed by atoms with E-state index in [4.69, 9.17) is 16.3 Å². The molecule has 0 saturated carbocycles. The van der Waals surface area contributed by atoms with E-state index in [1.807, 2.05) is 0 Å². The Balaban J connectivity index is 2.45. The maximum absolute atomic E-state index is 12.5. The predicted molar refractivity (Wildman–Crippen MR) is 89.6 cm³/mol. The summed E-state index contributed by atoms with van der Waals surface area (Å²) in [7, 11) is -2.66. The number of sulfonamides is 1. The van der Waals surface area contributed by atoms with Gasteiger partial charge in [-0.2, -0.15) is 0 Å². The highest BCUT2D eigenvalue weighted by Crippen LogP contribution is 2.31. The summed E-state index contributed by atoms with van der Waals surface area (Å²) in [4.78, 5) is 10.1. The van der Waals surface area contributed by atoms with Crippen molar-refractivity contribution in [1.29, 1.82) is 0 Å². The molecule has 0 bridgehead atoms. The molecule has 0 saturated heterocycles. The fraction of sp³-hybridized carbons (Fsp3) is 0.0769. The number of nitrogens with one attached hydrogen (secondary N) is 1. The molecule has 0 atom stereocenters. The number of anilines is 1. The highest BCUT2D eigenvalue weighted by atomic mass is 79.9. The zero-order valence-electron chi connectivity index (χ0n) is 11.6. The van der Waals surface area contributed by atoms with E-state index in [-0.39, 0.29) is 21.4 Å². The lowest BCUT2D eigenvalue weighted by Crippen LogP contribution is -2.14. The van der Waals surface area contributed by atoms with Gasteiger partial charge in [0.2, 0.25) is 0 Å². The Morgan fingerprint density at radius 2 is 1.96 bits per heavy atom. The van der Waals surface area contributed by atoms with E-state index < -0.39 is 20.6 Å². The molecule has 10 heteroatoms. The van der Waals surface area contributed by atoms with Crippen molar-refractivity contribution in [2.75, 3.05) is 11.8 Å². The molecule has 2 aromatic carbocycles. The molecule has 0 aliphatic heterocycles. The first kappa shape index (κ1) is 17.5. The molecule has 0 radical (unpaired) electrons. The first-order chi connectivity index (χ1) is 10.7. The van der Waals surface area contributed by atoms with Crippen LogP contribution in [-0.4, -0.2) is 20.5 Å². The van der Waals surface area contributed by atoms with E-state index >= 15 is 0 Å². The number of nitro benzene ring substituents is 1. The Kier molecular flexibility index (Phi) is 5.12. The van der Waals surface area contributed by atoms with Crippen molar-refractivity contribution in [2.45, 2.75) is 4.90 Å². The standard InChI is InChI=1S/C13H10BrClN2O5S/c1-22-12-5-2-8(14)6-13(12)23(20,21)16-9-3-4-10(15)11(7-9)17(18)19/h2-7,16H,1H3. The number of ether oxygens (including phenoxy) is 1. The highest BCUT2D eigenvalue weighted by Gasteiger charge is 2.22. The van der Waals surface area contributed by atoms with Crippen molar-refractivity contribution in [3.8, 4) is 5.75 Å². The Bertz CT molecular complexity index is 873. The smallest absolute Gasteiger partial charge is 0.289 e. The van der Waals surface area contributed by atoms with Crippen LogP contribution >= 0.6 is 27.5 Å². The fourth-order valence-corrected chi connectivity index (χ4v) is 3.73. The molecule has 23 heavy (non-hydrogen) atoms. The maximum Gasteiger partial charge on any atom is 0.289 e. The van der Waals surface area contributed by atoms with Crippen LogP contribution in [0.5, 0.6) is 5.75 Å². The monoisotopic (exact) mass is 420 g/mol. The van der Waals surface area contributed by atoms with Crippen LogP contribution < -0.4 is 9.46 Å². The van der Waals surface area contributed by atoms with Crippen molar-refractivity contribution >= 4 is 48.9 Å². The molecule has 0 unspecified atom stereocenters. The molecule has 0 aliphatic rings. The van der Waals surface area contributed by atoms with Crippen LogP contribution in [0, 0.1) is 10.1 Å². The van der Waals surface area contributed by atoms with Crippen molar-refractivity contribution in [3.63, 3.8) is 0 Å². The van der Waals surface area contributed by atoms with E-state index in [0.717, 1.165) is 6.07 Å². The van der Waals surface area contributed by atoms with E-state index in [2.05, 4.69) is 20.7 Å².